The van der Waals surface area contributed by atoms with Gasteiger partial charge in [-0.3, -0.25) is 0 Å². The molecule has 1 heterocycles. The largest absolute Gasteiger partial charge is 0.612 e. The molecule has 0 aliphatic carbocycles. The highest BCUT2D eigenvalue weighted by atomic mass is 32.2. The summed E-state index contributed by atoms with van der Waals surface area (Å²) >= 11 is -0.997. The van der Waals surface area contributed by atoms with Crippen molar-refractivity contribution in [2.45, 2.75) is 50.7 Å². The van der Waals surface area contributed by atoms with Crippen molar-refractivity contribution in [3.05, 3.63) is 23.8 Å². The van der Waals surface area contributed by atoms with E-state index < -0.39 is 18.3 Å². The molecule has 0 aromatic heterocycles. The van der Waals surface area contributed by atoms with Gasteiger partial charge in [-0.15, -0.1) is 0 Å². The Balaban J connectivity index is 2.36. The van der Waals surface area contributed by atoms with Crippen molar-refractivity contribution in [2.75, 3.05) is 6.26 Å². The fourth-order valence-electron chi connectivity index (χ4n) is 2.02. The van der Waals surface area contributed by atoms with Crippen LogP contribution in [-0.2, 0) is 20.5 Å². The SMILES string of the molecule is Cc1ccc([S+](C)[O-])cc1B1OC(C)(C)C(C)(C)O1. The zero-order valence-electron chi connectivity index (χ0n) is 12.4. The van der Waals surface area contributed by atoms with Crippen LogP contribution in [0, 0.1) is 6.92 Å². The van der Waals surface area contributed by atoms with Crippen LogP contribution in [-0.4, -0.2) is 29.1 Å². The molecule has 1 aromatic carbocycles. The van der Waals surface area contributed by atoms with E-state index in [1.807, 2.05) is 52.8 Å². The van der Waals surface area contributed by atoms with Crippen LogP contribution in [0.5, 0.6) is 0 Å². The number of aryl methyl sites for hydroxylation is 1. The number of hydrogen-bond donors (Lipinski definition) is 0. The Hall–Kier alpha value is -0.485. The molecule has 0 radical (unpaired) electrons. The molecule has 1 aliphatic heterocycles. The van der Waals surface area contributed by atoms with Crippen LogP contribution in [0.15, 0.2) is 23.1 Å². The van der Waals surface area contributed by atoms with E-state index in [2.05, 4.69) is 0 Å². The zero-order valence-corrected chi connectivity index (χ0v) is 13.3. The summed E-state index contributed by atoms with van der Waals surface area (Å²) in [6.07, 6.45) is 1.68. The Kier molecular flexibility index (Phi) is 3.78. The van der Waals surface area contributed by atoms with Gasteiger partial charge in [0.25, 0.3) is 0 Å². The quantitative estimate of drug-likeness (QED) is 0.615. The lowest BCUT2D eigenvalue weighted by atomic mass is 9.76. The number of rotatable bonds is 2. The molecular weight excluding hydrogens is 259 g/mol. The Morgan fingerprint density at radius 2 is 1.63 bits per heavy atom. The summed E-state index contributed by atoms with van der Waals surface area (Å²) < 4.78 is 23.7. The van der Waals surface area contributed by atoms with Gasteiger partial charge in [0, 0.05) is 0 Å². The zero-order chi connectivity index (χ0) is 14.4. The van der Waals surface area contributed by atoms with Crippen molar-refractivity contribution in [3.63, 3.8) is 0 Å². The van der Waals surface area contributed by atoms with Gasteiger partial charge in [0.05, 0.1) is 11.2 Å². The maximum atomic E-state index is 11.6. The first-order valence-electron chi connectivity index (χ1n) is 6.44. The third-order valence-electron chi connectivity index (χ3n) is 4.09. The second-order valence-corrected chi connectivity index (χ2v) is 7.44. The average Bonchev–Trinajstić information content (AvgIpc) is 2.48. The topological polar surface area (TPSA) is 41.5 Å². The third kappa shape index (κ3) is 2.70. The molecule has 19 heavy (non-hydrogen) atoms. The molecular formula is C14H21BO3S. The maximum absolute atomic E-state index is 11.6. The first-order valence-corrected chi connectivity index (χ1v) is 7.99. The van der Waals surface area contributed by atoms with Crippen molar-refractivity contribution in [3.8, 4) is 0 Å². The molecule has 0 N–H and O–H groups in total. The van der Waals surface area contributed by atoms with E-state index in [1.165, 1.54) is 0 Å². The number of hydrogen-bond acceptors (Lipinski definition) is 3. The average molecular weight is 280 g/mol. The minimum atomic E-state index is -0.997. The Bertz CT molecular complexity index is 470. The maximum Gasteiger partial charge on any atom is 0.495 e. The van der Waals surface area contributed by atoms with Crippen molar-refractivity contribution >= 4 is 23.8 Å². The van der Waals surface area contributed by atoms with Gasteiger partial charge in [0.2, 0.25) is 0 Å². The van der Waals surface area contributed by atoms with Gasteiger partial charge in [-0.2, -0.15) is 0 Å². The summed E-state index contributed by atoms with van der Waals surface area (Å²) in [6.45, 7) is 10.1. The van der Waals surface area contributed by atoms with E-state index in [9.17, 15) is 4.55 Å². The highest BCUT2D eigenvalue weighted by Gasteiger charge is 2.52. The molecule has 2 rings (SSSR count). The van der Waals surface area contributed by atoms with Crippen molar-refractivity contribution < 1.29 is 13.9 Å². The van der Waals surface area contributed by atoms with E-state index in [0.29, 0.717) is 0 Å². The predicted octanol–water partition coefficient (Wildman–Crippen LogP) is 2.03. The Morgan fingerprint density at radius 3 is 2.11 bits per heavy atom. The molecule has 5 heteroatoms. The molecule has 0 spiro atoms. The fourth-order valence-corrected chi connectivity index (χ4v) is 2.57. The van der Waals surface area contributed by atoms with E-state index in [4.69, 9.17) is 9.31 Å². The van der Waals surface area contributed by atoms with Crippen molar-refractivity contribution in [1.82, 2.24) is 0 Å². The van der Waals surface area contributed by atoms with Gasteiger partial charge < -0.3 is 13.9 Å². The highest BCUT2D eigenvalue weighted by Crippen LogP contribution is 2.36. The van der Waals surface area contributed by atoms with Gasteiger partial charge in [0.15, 0.2) is 4.90 Å². The summed E-state index contributed by atoms with van der Waals surface area (Å²) in [5, 5.41) is 0. The normalized spacial score (nSPS) is 22.6. The predicted molar refractivity (Wildman–Crippen MR) is 79.2 cm³/mol. The second kappa shape index (κ2) is 4.81. The van der Waals surface area contributed by atoms with Crippen LogP contribution in [0.3, 0.4) is 0 Å². The molecule has 1 atom stereocenters. The summed E-state index contributed by atoms with van der Waals surface area (Å²) in [4.78, 5) is 0.801. The molecule has 3 nitrogen and oxygen atoms in total. The van der Waals surface area contributed by atoms with Crippen LogP contribution in [0.1, 0.15) is 33.3 Å². The van der Waals surface area contributed by atoms with Gasteiger partial charge in [-0.1, -0.05) is 11.6 Å². The minimum absolute atomic E-state index is 0.356. The Labute approximate surface area is 119 Å². The van der Waals surface area contributed by atoms with E-state index in [-0.39, 0.29) is 11.2 Å². The van der Waals surface area contributed by atoms with Crippen LogP contribution in [0.4, 0.5) is 0 Å². The van der Waals surface area contributed by atoms with E-state index in [1.54, 1.807) is 6.26 Å². The first-order chi connectivity index (χ1) is 8.64. The Morgan fingerprint density at radius 1 is 1.11 bits per heavy atom. The van der Waals surface area contributed by atoms with Crippen LogP contribution < -0.4 is 5.46 Å². The third-order valence-corrected chi connectivity index (χ3v) is 5.01. The summed E-state index contributed by atoms with van der Waals surface area (Å²) in [7, 11) is -0.395. The molecule has 104 valence electrons. The molecule has 1 fully saturated rings. The number of benzene rings is 1. The molecule has 0 amide bonds. The second-order valence-electron chi connectivity index (χ2n) is 6.06. The molecule has 0 bridgehead atoms. The van der Waals surface area contributed by atoms with Gasteiger partial charge in [0.1, 0.15) is 6.26 Å². The van der Waals surface area contributed by atoms with Gasteiger partial charge in [-0.05, 0) is 63.4 Å². The first kappa shape index (κ1) is 14.9. The van der Waals surface area contributed by atoms with Gasteiger partial charge >= 0.3 is 7.12 Å². The lowest BCUT2D eigenvalue weighted by molar-refractivity contribution is 0.00578. The summed E-state index contributed by atoms with van der Waals surface area (Å²) in [5.74, 6) is 0. The van der Waals surface area contributed by atoms with Crippen LogP contribution in [0.25, 0.3) is 0 Å². The van der Waals surface area contributed by atoms with Crippen molar-refractivity contribution in [2.24, 2.45) is 0 Å². The summed E-state index contributed by atoms with van der Waals surface area (Å²) in [6, 6.07) is 5.78. The molecule has 1 aromatic rings. The monoisotopic (exact) mass is 280 g/mol. The van der Waals surface area contributed by atoms with E-state index >= 15 is 0 Å². The molecule has 1 saturated heterocycles. The van der Waals surface area contributed by atoms with Crippen LogP contribution >= 0.6 is 0 Å². The van der Waals surface area contributed by atoms with Crippen molar-refractivity contribution in [1.29, 1.82) is 0 Å². The smallest absolute Gasteiger partial charge is 0.495 e. The minimum Gasteiger partial charge on any atom is -0.612 e. The molecule has 0 saturated carbocycles. The van der Waals surface area contributed by atoms with E-state index in [0.717, 1.165) is 15.9 Å². The summed E-state index contributed by atoms with van der Waals surface area (Å²) in [5.41, 5.74) is 1.34. The molecule has 1 aliphatic rings. The molecule has 1 unspecified atom stereocenters. The van der Waals surface area contributed by atoms with Crippen LogP contribution in [0.2, 0.25) is 0 Å². The standard InChI is InChI=1S/C14H21BO3S/c1-10-7-8-11(19(6)16)9-12(10)15-17-13(2,3)14(4,5)18-15/h7-9H,1-6H3. The fraction of sp³-hybridized carbons (Fsp3) is 0.571. The van der Waals surface area contributed by atoms with Gasteiger partial charge in [-0.25, -0.2) is 0 Å². The highest BCUT2D eigenvalue weighted by molar-refractivity contribution is 7.90. The lowest BCUT2D eigenvalue weighted by Crippen LogP contribution is -2.41. The lowest BCUT2D eigenvalue weighted by Gasteiger charge is -2.32.